The lowest BCUT2D eigenvalue weighted by atomic mass is 10.1. The highest BCUT2D eigenvalue weighted by molar-refractivity contribution is 5.97. The zero-order valence-electron chi connectivity index (χ0n) is 15.0. The van der Waals surface area contributed by atoms with Crippen molar-refractivity contribution >= 4 is 23.3 Å². The molecule has 0 unspecified atom stereocenters. The third kappa shape index (κ3) is 4.37. The number of nitrogens with two attached hydrogens (primary N) is 1. The second kappa shape index (κ2) is 7.83. The maximum Gasteiger partial charge on any atom is 0.249 e. The van der Waals surface area contributed by atoms with Crippen molar-refractivity contribution in [3.8, 4) is 0 Å². The SMILES string of the molecule is CC[C@H](C)n1nccc1NC(=O)[C@H](C)Nc1ccc(C)c(C(N)=O)c1. The molecule has 2 atom stereocenters. The number of carbonyl (C=O) groups excluding carboxylic acids is 2. The predicted octanol–water partition coefficient (Wildman–Crippen LogP) is 2.70. The average molecular weight is 343 g/mol. The van der Waals surface area contributed by atoms with Gasteiger partial charge in [-0.15, -0.1) is 0 Å². The molecule has 1 aromatic carbocycles. The molecule has 7 heteroatoms. The number of anilines is 2. The Morgan fingerprint density at radius 3 is 2.64 bits per heavy atom. The van der Waals surface area contributed by atoms with E-state index >= 15 is 0 Å². The zero-order chi connectivity index (χ0) is 18.6. The molecule has 0 aliphatic heterocycles. The van der Waals surface area contributed by atoms with E-state index in [0.29, 0.717) is 17.1 Å². The van der Waals surface area contributed by atoms with Crippen molar-refractivity contribution in [2.75, 3.05) is 10.6 Å². The highest BCUT2D eigenvalue weighted by Gasteiger charge is 2.17. The number of nitrogens with zero attached hydrogens (tertiary/aromatic N) is 2. The van der Waals surface area contributed by atoms with Crippen LogP contribution >= 0.6 is 0 Å². The Morgan fingerprint density at radius 2 is 2.00 bits per heavy atom. The van der Waals surface area contributed by atoms with Gasteiger partial charge in [0.05, 0.1) is 12.2 Å². The zero-order valence-corrected chi connectivity index (χ0v) is 15.0. The summed E-state index contributed by atoms with van der Waals surface area (Å²) in [6, 6.07) is 6.74. The summed E-state index contributed by atoms with van der Waals surface area (Å²) in [4.78, 5) is 23.9. The Morgan fingerprint density at radius 1 is 1.28 bits per heavy atom. The van der Waals surface area contributed by atoms with Gasteiger partial charge in [-0.05, 0) is 44.9 Å². The standard InChI is InChI=1S/C18H25N5O2/c1-5-12(3)23-16(8-9-20-23)22-18(25)13(4)21-14-7-6-11(2)15(10-14)17(19)24/h6-10,12-13,21H,5H2,1-4H3,(H2,19,24)(H,22,25)/t12-,13-/m0/s1. The number of aryl methyl sites for hydroxylation is 1. The topological polar surface area (TPSA) is 102 Å². The van der Waals surface area contributed by atoms with Crippen LogP contribution < -0.4 is 16.4 Å². The van der Waals surface area contributed by atoms with Crippen LogP contribution in [0.25, 0.3) is 0 Å². The minimum Gasteiger partial charge on any atom is -0.374 e. The van der Waals surface area contributed by atoms with Crippen LogP contribution in [0, 0.1) is 6.92 Å². The van der Waals surface area contributed by atoms with Crippen LogP contribution in [0.15, 0.2) is 30.5 Å². The lowest BCUT2D eigenvalue weighted by molar-refractivity contribution is -0.116. The Bertz CT molecular complexity index is 769. The molecule has 2 aromatic rings. The molecule has 0 radical (unpaired) electrons. The van der Waals surface area contributed by atoms with Crippen molar-refractivity contribution in [3.05, 3.63) is 41.6 Å². The summed E-state index contributed by atoms with van der Waals surface area (Å²) in [7, 11) is 0. The van der Waals surface area contributed by atoms with Crippen molar-refractivity contribution in [2.24, 2.45) is 5.73 Å². The van der Waals surface area contributed by atoms with Gasteiger partial charge in [-0.3, -0.25) is 9.59 Å². The summed E-state index contributed by atoms with van der Waals surface area (Å²) < 4.78 is 1.79. The van der Waals surface area contributed by atoms with Gasteiger partial charge in [-0.25, -0.2) is 4.68 Å². The molecule has 0 aliphatic carbocycles. The van der Waals surface area contributed by atoms with Crippen molar-refractivity contribution in [3.63, 3.8) is 0 Å². The number of amides is 2. The van der Waals surface area contributed by atoms with Gasteiger partial charge in [0.2, 0.25) is 11.8 Å². The number of aromatic nitrogens is 2. The number of nitrogens with one attached hydrogen (secondary N) is 2. The number of hydrogen-bond donors (Lipinski definition) is 3. The normalized spacial score (nSPS) is 13.1. The van der Waals surface area contributed by atoms with Crippen LogP contribution in [-0.4, -0.2) is 27.6 Å². The minimum atomic E-state index is -0.497. The molecule has 0 bridgehead atoms. The van der Waals surface area contributed by atoms with Gasteiger partial charge < -0.3 is 16.4 Å². The van der Waals surface area contributed by atoms with E-state index in [9.17, 15) is 9.59 Å². The second-order valence-corrected chi connectivity index (χ2v) is 6.17. The molecular formula is C18H25N5O2. The second-order valence-electron chi connectivity index (χ2n) is 6.17. The fourth-order valence-corrected chi connectivity index (χ4v) is 2.46. The number of primary amides is 1. The van der Waals surface area contributed by atoms with E-state index in [1.807, 2.05) is 19.9 Å². The first kappa shape index (κ1) is 18.5. The van der Waals surface area contributed by atoms with E-state index in [0.717, 1.165) is 12.0 Å². The number of carbonyl (C=O) groups is 2. The summed E-state index contributed by atoms with van der Waals surface area (Å²) >= 11 is 0. The van der Waals surface area contributed by atoms with Crippen molar-refractivity contribution < 1.29 is 9.59 Å². The monoisotopic (exact) mass is 343 g/mol. The summed E-state index contributed by atoms with van der Waals surface area (Å²) in [5, 5.41) is 10.2. The Labute approximate surface area is 147 Å². The first-order valence-electron chi connectivity index (χ1n) is 8.34. The first-order chi connectivity index (χ1) is 11.8. The third-order valence-corrected chi connectivity index (χ3v) is 4.21. The molecule has 2 rings (SSSR count). The molecule has 0 aliphatic rings. The molecular weight excluding hydrogens is 318 g/mol. The van der Waals surface area contributed by atoms with E-state index in [-0.39, 0.29) is 11.9 Å². The van der Waals surface area contributed by atoms with Gasteiger partial charge in [-0.2, -0.15) is 5.10 Å². The molecule has 0 fully saturated rings. The molecule has 0 saturated carbocycles. The van der Waals surface area contributed by atoms with Crippen LogP contribution in [0.3, 0.4) is 0 Å². The van der Waals surface area contributed by atoms with E-state index in [1.165, 1.54) is 0 Å². The Hall–Kier alpha value is -2.83. The Kier molecular flexibility index (Phi) is 5.80. The third-order valence-electron chi connectivity index (χ3n) is 4.21. The number of benzene rings is 1. The van der Waals surface area contributed by atoms with E-state index in [4.69, 9.17) is 5.73 Å². The van der Waals surface area contributed by atoms with E-state index in [2.05, 4.69) is 22.7 Å². The number of hydrogen-bond acceptors (Lipinski definition) is 4. The van der Waals surface area contributed by atoms with Crippen molar-refractivity contribution in [1.82, 2.24) is 9.78 Å². The summed E-state index contributed by atoms with van der Waals surface area (Å²) in [5.41, 5.74) is 7.27. The first-order valence-corrected chi connectivity index (χ1v) is 8.34. The molecule has 1 heterocycles. The quantitative estimate of drug-likeness (QED) is 0.719. The van der Waals surface area contributed by atoms with Crippen LogP contribution in [0.4, 0.5) is 11.5 Å². The molecule has 134 valence electrons. The van der Waals surface area contributed by atoms with E-state index < -0.39 is 11.9 Å². The molecule has 1 aromatic heterocycles. The van der Waals surface area contributed by atoms with Gasteiger partial charge in [0.25, 0.3) is 0 Å². The maximum absolute atomic E-state index is 12.5. The van der Waals surface area contributed by atoms with Gasteiger partial charge in [0.1, 0.15) is 11.9 Å². The fourth-order valence-electron chi connectivity index (χ4n) is 2.46. The van der Waals surface area contributed by atoms with Crippen LogP contribution in [0.1, 0.15) is 49.2 Å². The molecule has 7 nitrogen and oxygen atoms in total. The lowest BCUT2D eigenvalue weighted by Gasteiger charge is -2.18. The van der Waals surface area contributed by atoms with Gasteiger partial charge in [0, 0.05) is 17.3 Å². The predicted molar refractivity (Wildman–Crippen MR) is 98.6 cm³/mol. The van der Waals surface area contributed by atoms with Gasteiger partial charge in [0.15, 0.2) is 0 Å². The highest BCUT2D eigenvalue weighted by atomic mass is 16.2. The molecule has 25 heavy (non-hydrogen) atoms. The maximum atomic E-state index is 12.5. The molecule has 4 N–H and O–H groups in total. The van der Waals surface area contributed by atoms with Crippen LogP contribution in [-0.2, 0) is 4.79 Å². The smallest absolute Gasteiger partial charge is 0.249 e. The van der Waals surface area contributed by atoms with Crippen molar-refractivity contribution in [1.29, 1.82) is 0 Å². The van der Waals surface area contributed by atoms with Gasteiger partial charge >= 0.3 is 0 Å². The van der Waals surface area contributed by atoms with Crippen molar-refractivity contribution in [2.45, 2.75) is 46.2 Å². The largest absolute Gasteiger partial charge is 0.374 e. The lowest BCUT2D eigenvalue weighted by Crippen LogP contribution is -2.33. The highest BCUT2D eigenvalue weighted by Crippen LogP contribution is 2.18. The number of rotatable bonds is 7. The fraction of sp³-hybridized carbons (Fsp3) is 0.389. The summed E-state index contributed by atoms with van der Waals surface area (Å²) in [6.45, 7) is 7.68. The molecule has 0 spiro atoms. The Balaban J connectivity index is 2.07. The summed E-state index contributed by atoms with van der Waals surface area (Å²) in [5.74, 6) is -0.0170. The van der Waals surface area contributed by atoms with E-state index in [1.54, 1.807) is 36.0 Å². The average Bonchev–Trinajstić information content (AvgIpc) is 3.03. The molecule has 0 saturated heterocycles. The minimum absolute atomic E-state index is 0.189. The van der Waals surface area contributed by atoms with Crippen LogP contribution in [0.2, 0.25) is 0 Å². The summed E-state index contributed by atoms with van der Waals surface area (Å²) in [6.07, 6.45) is 2.58. The van der Waals surface area contributed by atoms with Crippen LogP contribution in [0.5, 0.6) is 0 Å². The molecule has 2 amide bonds. The van der Waals surface area contributed by atoms with Gasteiger partial charge in [-0.1, -0.05) is 13.0 Å².